The lowest BCUT2D eigenvalue weighted by Gasteiger charge is -2.07. The normalized spacial score (nSPS) is 13.8. The molecular weight excluding hydrogens is 250 g/mol. The summed E-state index contributed by atoms with van der Waals surface area (Å²) in [7, 11) is 0. The first-order valence-electron chi connectivity index (χ1n) is 6.82. The van der Waals surface area contributed by atoms with Crippen molar-refractivity contribution in [2.45, 2.75) is 19.8 Å². The fraction of sp³-hybridized carbons (Fsp3) is 0.176. The van der Waals surface area contributed by atoms with Crippen LogP contribution in [-0.2, 0) is 6.42 Å². The molecule has 20 heavy (non-hydrogen) atoms. The van der Waals surface area contributed by atoms with Crippen LogP contribution in [0.15, 0.2) is 45.6 Å². The molecule has 1 aliphatic rings. The van der Waals surface area contributed by atoms with Crippen molar-refractivity contribution in [2.24, 2.45) is 0 Å². The van der Waals surface area contributed by atoms with Crippen LogP contribution in [0.2, 0.25) is 0 Å². The van der Waals surface area contributed by atoms with E-state index in [9.17, 15) is 4.79 Å². The second-order valence-corrected chi connectivity index (χ2v) is 5.22. The maximum Gasteiger partial charge on any atom is 0.608 e. The van der Waals surface area contributed by atoms with Crippen molar-refractivity contribution in [1.82, 2.24) is 0 Å². The summed E-state index contributed by atoms with van der Waals surface area (Å²) in [6.07, 6.45) is 6.05. The summed E-state index contributed by atoms with van der Waals surface area (Å²) in [5.74, 6) is -0.297. The molecule has 1 aromatic carbocycles. The van der Waals surface area contributed by atoms with Gasteiger partial charge in [0.05, 0.1) is 5.39 Å². The third-order valence-corrected chi connectivity index (χ3v) is 3.97. The lowest BCUT2D eigenvalue weighted by molar-refractivity contribution is -0.552. The molecule has 0 aliphatic heterocycles. The molecule has 2 heterocycles. The Hall–Kier alpha value is -2.42. The zero-order valence-corrected chi connectivity index (χ0v) is 11.2. The molecule has 0 unspecified atom stereocenters. The van der Waals surface area contributed by atoms with Crippen LogP contribution < -0.4 is 10.2 Å². The molecule has 0 spiro atoms. The molecule has 0 N–H and O–H groups in total. The predicted octanol–water partition coefficient (Wildman–Crippen LogP) is 2.80. The molecule has 3 heteroatoms. The van der Waals surface area contributed by atoms with Gasteiger partial charge < -0.3 is 4.42 Å². The Balaban J connectivity index is 2.28. The lowest BCUT2D eigenvalue weighted by Crippen LogP contribution is -2.44. The predicted molar refractivity (Wildman–Crippen MR) is 77.7 cm³/mol. The Morgan fingerprint density at radius 3 is 3.00 bits per heavy atom. The van der Waals surface area contributed by atoms with Gasteiger partial charge in [0.2, 0.25) is 11.2 Å². The van der Waals surface area contributed by atoms with Crippen LogP contribution >= 0.6 is 0 Å². The van der Waals surface area contributed by atoms with Crippen molar-refractivity contribution in [2.75, 3.05) is 0 Å². The van der Waals surface area contributed by atoms with E-state index in [0.29, 0.717) is 5.58 Å². The SMILES string of the molecule is Cc1cccc2c1oc(=O)[n+]1c3c(ccc21)C=CCC3. The zero-order chi connectivity index (χ0) is 13.7. The van der Waals surface area contributed by atoms with Crippen molar-refractivity contribution < 1.29 is 8.82 Å². The second-order valence-electron chi connectivity index (χ2n) is 5.22. The van der Waals surface area contributed by atoms with Crippen LogP contribution in [0, 0.1) is 6.92 Å². The molecule has 0 radical (unpaired) electrons. The van der Waals surface area contributed by atoms with Crippen LogP contribution in [0.4, 0.5) is 0 Å². The van der Waals surface area contributed by atoms with Gasteiger partial charge in [0.1, 0.15) is 0 Å². The number of nitrogens with zero attached hydrogens (tertiary/aromatic N) is 1. The molecule has 0 saturated carbocycles. The van der Waals surface area contributed by atoms with Crippen molar-refractivity contribution in [3.05, 3.63) is 63.8 Å². The molecule has 1 aliphatic carbocycles. The molecule has 4 rings (SSSR count). The van der Waals surface area contributed by atoms with Crippen LogP contribution in [0.1, 0.15) is 23.2 Å². The summed E-state index contributed by atoms with van der Waals surface area (Å²) in [6.45, 7) is 1.96. The van der Waals surface area contributed by atoms with Crippen molar-refractivity contribution in [1.29, 1.82) is 0 Å². The molecule has 3 nitrogen and oxygen atoms in total. The van der Waals surface area contributed by atoms with Crippen molar-refractivity contribution in [3.8, 4) is 0 Å². The Morgan fingerprint density at radius 2 is 2.10 bits per heavy atom. The maximum absolute atomic E-state index is 12.4. The van der Waals surface area contributed by atoms with Crippen LogP contribution in [0.25, 0.3) is 22.6 Å². The summed E-state index contributed by atoms with van der Waals surface area (Å²) < 4.78 is 7.28. The largest absolute Gasteiger partial charge is 0.608 e. The number of hydrogen-bond donors (Lipinski definition) is 0. The molecule has 0 bridgehead atoms. The number of allylic oxidation sites excluding steroid dienone is 1. The first-order valence-corrected chi connectivity index (χ1v) is 6.82. The molecule has 0 fully saturated rings. The number of pyridine rings is 1. The van der Waals surface area contributed by atoms with E-state index in [1.165, 1.54) is 0 Å². The van der Waals surface area contributed by atoms with Gasteiger partial charge in [-0.1, -0.05) is 28.7 Å². The number of fused-ring (bicyclic) bond motifs is 5. The van der Waals surface area contributed by atoms with Gasteiger partial charge in [-0.15, -0.1) is 0 Å². The molecule has 98 valence electrons. The average Bonchev–Trinajstić information content (AvgIpc) is 2.48. The lowest BCUT2D eigenvalue weighted by atomic mass is 10.0. The summed E-state index contributed by atoms with van der Waals surface area (Å²) in [6, 6.07) is 10.1. The highest BCUT2D eigenvalue weighted by Crippen LogP contribution is 2.22. The Kier molecular flexibility index (Phi) is 2.30. The molecule has 2 aromatic heterocycles. The van der Waals surface area contributed by atoms with Crippen molar-refractivity contribution >= 4 is 22.6 Å². The summed E-state index contributed by atoms with van der Waals surface area (Å²) in [5, 5.41) is 0.988. The van der Waals surface area contributed by atoms with Gasteiger partial charge in [0, 0.05) is 18.1 Å². The first-order chi connectivity index (χ1) is 9.75. The van der Waals surface area contributed by atoms with E-state index in [1.54, 1.807) is 4.40 Å². The molecule has 0 saturated heterocycles. The van der Waals surface area contributed by atoms with Gasteiger partial charge in [0.25, 0.3) is 0 Å². The topological polar surface area (TPSA) is 34.3 Å². The smallest absolute Gasteiger partial charge is 0.371 e. The highest BCUT2D eigenvalue weighted by molar-refractivity contribution is 5.91. The number of hydrogen-bond acceptors (Lipinski definition) is 2. The van der Waals surface area contributed by atoms with E-state index in [2.05, 4.69) is 18.2 Å². The highest BCUT2D eigenvalue weighted by Gasteiger charge is 2.23. The van der Waals surface area contributed by atoms with Crippen molar-refractivity contribution in [3.63, 3.8) is 0 Å². The minimum atomic E-state index is -0.297. The fourth-order valence-electron chi connectivity index (χ4n) is 2.99. The van der Waals surface area contributed by atoms with Gasteiger partial charge in [-0.2, -0.15) is 4.79 Å². The van der Waals surface area contributed by atoms with E-state index in [-0.39, 0.29) is 5.76 Å². The Labute approximate surface area is 115 Å². The summed E-state index contributed by atoms with van der Waals surface area (Å²) >= 11 is 0. The summed E-state index contributed by atoms with van der Waals surface area (Å²) in [4.78, 5) is 12.4. The average molecular weight is 264 g/mol. The van der Waals surface area contributed by atoms with Crippen LogP contribution in [0.3, 0.4) is 0 Å². The number of rotatable bonds is 0. The van der Waals surface area contributed by atoms with E-state index in [1.807, 2.05) is 31.2 Å². The maximum atomic E-state index is 12.4. The zero-order valence-electron chi connectivity index (χ0n) is 11.2. The van der Waals surface area contributed by atoms with Gasteiger partial charge in [-0.3, -0.25) is 0 Å². The standard InChI is InChI=1S/C17H14NO2/c1-11-5-4-7-13-15-10-9-12-6-2-3-8-14(12)18(15)17(19)20-16(11)13/h2,4-7,9-10H,3,8H2,1H3/q+1. The minimum Gasteiger partial charge on any atom is -0.371 e. The molecular formula is C17H14NO2+. The monoisotopic (exact) mass is 264 g/mol. The van der Waals surface area contributed by atoms with E-state index in [4.69, 9.17) is 4.42 Å². The van der Waals surface area contributed by atoms with Gasteiger partial charge >= 0.3 is 5.76 Å². The number of para-hydroxylation sites is 1. The fourth-order valence-corrected chi connectivity index (χ4v) is 2.99. The molecule has 0 atom stereocenters. The summed E-state index contributed by atoms with van der Waals surface area (Å²) in [5.41, 5.74) is 4.74. The first kappa shape index (κ1) is 11.4. The van der Waals surface area contributed by atoms with Gasteiger partial charge in [-0.25, -0.2) is 0 Å². The van der Waals surface area contributed by atoms with Gasteiger partial charge in [0.15, 0.2) is 5.58 Å². The molecule has 3 aromatic rings. The van der Waals surface area contributed by atoms with E-state index < -0.39 is 0 Å². The quantitative estimate of drug-likeness (QED) is 0.462. The second kappa shape index (κ2) is 4.04. The third kappa shape index (κ3) is 1.46. The number of aromatic nitrogens is 1. The van der Waals surface area contributed by atoms with E-state index in [0.717, 1.165) is 40.6 Å². The Morgan fingerprint density at radius 1 is 1.20 bits per heavy atom. The van der Waals surface area contributed by atoms with Crippen LogP contribution in [-0.4, -0.2) is 0 Å². The number of aryl methyl sites for hydroxylation is 2. The van der Waals surface area contributed by atoms with Gasteiger partial charge in [-0.05, 0) is 31.0 Å². The highest BCUT2D eigenvalue weighted by atomic mass is 16.4. The third-order valence-electron chi connectivity index (χ3n) is 3.97. The van der Waals surface area contributed by atoms with Crippen LogP contribution in [0.5, 0.6) is 0 Å². The van der Waals surface area contributed by atoms with E-state index >= 15 is 0 Å². The Bertz CT molecular complexity index is 935. The minimum absolute atomic E-state index is 0.297. The molecule has 0 amide bonds. The number of benzene rings is 1.